The third-order valence-electron chi connectivity index (χ3n) is 4.61. The Balaban J connectivity index is 2.13. The van der Waals surface area contributed by atoms with Gasteiger partial charge in [-0.05, 0) is 49.3 Å². The Kier molecular flexibility index (Phi) is 3.24. The molecule has 0 amide bonds. The summed E-state index contributed by atoms with van der Waals surface area (Å²) in [5.41, 5.74) is 4.79. The van der Waals surface area contributed by atoms with Crippen LogP contribution in [0.3, 0.4) is 0 Å². The van der Waals surface area contributed by atoms with Gasteiger partial charge in [0.25, 0.3) is 0 Å². The predicted molar refractivity (Wildman–Crippen MR) is 76.3 cm³/mol. The molecule has 0 fully saturated rings. The number of hydrogen-bond donors (Lipinski definition) is 0. The Morgan fingerprint density at radius 1 is 1.30 bits per heavy atom. The van der Waals surface area contributed by atoms with Crippen molar-refractivity contribution < 1.29 is 9.53 Å². The standard InChI is InChI=1S/C16H19NO3/c1-17-14-8-6-11-10(12(14)7-9-15(17)18)4-3-5-13(11)16(19)20-2/h7,9,13H,3-6,8H2,1-2H3. The Hall–Kier alpha value is -1.84. The highest BCUT2D eigenvalue weighted by Gasteiger charge is 2.33. The van der Waals surface area contributed by atoms with Crippen molar-refractivity contribution in [3.63, 3.8) is 0 Å². The highest BCUT2D eigenvalue weighted by molar-refractivity contribution is 5.83. The number of carbonyl (C=O) groups excluding carboxylic acids is 1. The molecule has 2 aliphatic carbocycles. The molecule has 1 aromatic rings. The van der Waals surface area contributed by atoms with Gasteiger partial charge in [0.05, 0.1) is 13.0 Å². The normalized spacial score (nSPS) is 21.2. The molecule has 3 rings (SSSR count). The molecule has 1 atom stereocenters. The lowest BCUT2D eigenvalue weighted by atomic mass is 9.74. The van der Waals surface area contributed by atoms with Crippen molar-refractivity contribution in [1.82, 2.24) is 4.57 Å². The molecule has 0 saturated carbocycles. The summed E-state index contributed by atoms with van der Waals surface area (Å²) in [6.45, 7) is 0. The number of pyridine rings is 1. The molecule has 1 aromatic heterocycles. The quantitative estimate of drug-likeness (QED) is 0.736. The number of rotatable bonds is 1. The van der Waals surface area contributed by atoms with Gasteiger partial charge in [-0.3, -0.25) is 9.59 Å². The van der Waals surface area contributed by atoms with Gasteiger partial charge in [0, 0.05) is 18.8 Å². The zero-order valence-electron chi connectivity index (χ0n) is 11.9. The van der Waals surface area contributed by atoms with E-state index in [-0.39, 0.29) is 17.4 Å². The second-order valence-corrected chi connectivity index (χ2v) is 5.56. The molecular formula is C16H19NO3. The average Bonchev–Trinajstić information content (AvgIpc) is 2.49. The van der Waals surface area contributed by atoms with Gasteiger partial charge < -0.3 is 9.30 Å². The molecular weight excluding hydrogens is 254 g/mol. The van der Waals surface area contributed by atoms with Crippen LogP contribution in [0.4, 0.5) is 0 Å². The third kappa shape index (κ3) is 1.90. The van der Waals surface area contributed by atoms with Crippen LogP contribution in [0.25, 0.3) is 5.57 Å². The topological polar surface area (TPSA) is 48.3 Å². The smallest absolute Gasteiger partial charge is 0.312 e. The van der Waals surface area contributed by atoms with E-state index in [9.17, 15) is 9.59 Å². The molecule has 0 spiro atoms. The Morgan fingerprint density at radius 3 is 2.85 bits per heavy atom. The summed E-state index contributed by atoms with van der Waals surface area (Å²) in [5.74, 6) is -0.209. The molecule has 106 valence electrons. The fourth-order valence-electron chi connectivity index (χ4n) is 3.57. The van der Waals surface area contributed by atoms with Crippen molar-refractivity contribution in [2.45, 2.75) is 32.1 Å². The molecule has 4 heteroatoms. The van der Waals surface area contributed by atoms with Gasteiger partial charge in [0.2, 0.25) is 5.56 Å². The predicted octanol–water partition coefficient (Wildman–Crippen LogP) is 2.06. The molecule has 0 saturated heterocycles. The number of ether oxygens (including phenoxy) is 1. The first-order valence-electron chi connectivity index (χ1n) is 7.12. The van der Waals surface area contributed by atoms with Gasteiger partial charge in [-0.2, -0.15) is 0 Å². The number of esters is 1. The molecule has 1 heterocycles. The van der Waals surface area contributed by atoms with Crippen LogP contribution in [0.5, 0.6) is 0 Å². The Morgan fingerprint density at radius 2 is 2.10 bits per heavy atom. The van der Waals surface area contributed by atoms with Crippen LogP contribution in [0.15, 0.2) is 22.5 Å². The van der Waals surface area contributed by atoms with Crippen molar-refractivity contribution in [1.29, 1.82) is 0 Å². The number of allylic oxidation sites excluding steroid dienone is 1. The van der Waals surface area contributed by atoms with Crippen molar-refractivity contribution in [2.24, 2.45) is 13.0 Å². The maximum atomic E-state index is 11.9. The van der Waals surface area contributed by atoms with Crippen LogP contribution in [0.1, 0.15) is 36.9 Å². The fraction of sp³-hybridized carbons (Fsp3) is 0.500. The first-order valence-corrected chi connectivity index (χ1v) is 7.12. The molecule has 4 nitrogen and oxygen atoms in total. The first-order chi connectivity index (χ1) is 9.63. The molecule has 0 radical (unpaired) electrons. The van der Waals surface area contributed by atoms with E-state index in [4.69, 9.17) is 4.74 Å². The second-order valence-electron chi connectivity index (χ2n) is 5.56. The number of methoxy groups -OCH3 is 1. The molecule has 0 aliphatic heterocycles. The monoisotopic (exact) mass is 273 g/mol. The summed E-state index contributed by atoms with van der Waals surface area (Å²) < 4.78 is 6.68. The minimum Gasteiger partial charge on any atom is -0.469 e. The summed E-state index contributed by atoms with van der Waals surface area (Å²) in [6, 6.07) is 3.54. The minimum atomic E-state index is -0.120. The molecule has 0 N–H and O–H groups in total. The molecule has 0 aromatic carbocycles. The Bertz CT molecular complexity index is 654. The maximum Gasteiger partial charge on any atom is 0.312 e. The van der Waals surface area contributed by atoms with Gasteiger partial charge in [0.15, 0.2) is 0 Å². The summed E-state index contributed by atoms with van der Waals surface area (Å²) >= 11 is 0. The number of fused-ring (bicyclic) bond motifs is 2. The number of aromatic nitrogens is 1. The minimum absolute atomic E-state index is 0.0353. The fourth-order valence-corrected chi connectivity index (χ4v) is 3.57. The molecule has 2 aliphatic rings. The van der Waals surface area contributed by atoms with Crippen LogP contribution in [0, 0.1) is 5.92 Å². The zero-order valence-corrected chi connectivity index (χ0v) is 11.9. The van der Waals surface area contributed by atoms with E-state index in [1.807, 2.05) is 13.1 Å². The SMILES string of the molecule is COC(=O)C1CCCC2=C1CCc1c2ccc(=O)n1C. The van der Waals surface area contributed by atoms with Crippen LogP contribution in [-0.4, -0.2) is 17.6 Å². The van der Waals surface area contributed by atoms with E-state index in [2.05, 4.69) is 0 Å². The van der Waals surface area contributed by atoms with Gasteiger partial charge in [-0.15, -0.1) is 0 Å². The largest absolute Gasteiger partial charge is 0.469 e. The van der Waals surface area contributed by atoms with Crippen LogP contribution >= 0.6 is 0 Å². The van der Waals surface area contributed by atoms with E-state index in [0.29, 0.717) is 0 Å². The zero-order chi connectivity index (χ0) is 14.3. The van der Waals surface area contributed by atoms with Gasteiger partial charge in [-0.1, -0.05) is 5.57 Å². The number of hydrogen-bond acceptors (Lipinski definition) is 3. The van der Waals surface area contributed by atoms with Gasteiger partial charge in [0.1, 0.15) is 0 Å². The van der Waals surface area contributed by atoms with E-state index in [0.717, 1.165) is 43.4 Å². The lowest BCUT2D eigenvalue weighted by Gasteiger charge is -2.32. The van der Waals surface area contributed by atoms with Crippen LogP contribution in [-0.2, 0) is 23.0 Å². The summed E-state index contributed by atoms with van der Waals surface area (Å²) in [5, 5.41) is 0. The lowest BCUT2D eigenvalue weighted by molar-refractivity contribution is -0.144. The van der Waals surface area contributed by atoms with Gasteiger partial charge in [-0.25, -0.2) is 0 Å². The average molecular weight is 273 g/mol. The van der Waals surface area contributed by atoms with Crippen LogP contribution < -0.4 is 5.56 Å². The summed E-state index contributed by atoms with van der Waals surface area (Å²) in [6.07, 6.45) is 4.56. The maximum absolute atomic E-state index is 11.9. The number of carbonyl (C=O) groups is 1. The van der Waals surface area contributed by atoms with E-state index in [1.54, 1.807) is 10.6 Å². The van der Waals surface area contributed by atoms with E-state index < -0.39 is 0 Å². The lowest BCUT2D eigenvalue weighted by Crippen LogP contribution is -2.28. The first kappa shape index (κ1) is 13.2. The highest BCUT2D eigenvalue weighted by Crippen LogP contribution is 2.42. The summed E-state index contributed by atoms with van der Waals surface area (Å²) in [4.78, 5) is 23.7. The molecule has 1 unspecified atom stereocenters. The molecule has 20 heavy (non-hydrogen) atoms. The summed E-state index contributed by atoms with van der Waals surface area (Å²) in [7, 11) is 3.28. The van der Waals surface area contributed by atoms with Crippen LogP contribution in [0.2, 0.25) is 0 Å². The van der Waals surface area contributed by atoms with Crippen molar-refractivity contribution >= 4 is 11.5 Å². The molecule has 0 bridgehead atoms. The van der Waals surface area contributed by atoms with E-state index in [1.165, 1.54) is 18.3 Å². The Labute approximate surface area is 118 Å². The van der Waals surface area contributed by atoms with E-state index >= 15 is 0 Å². The van der Waals surface area contributed by atoms with Crippen molar-refractivity contribution in [2.75, 3.05) is 7.11 Å². The van der Waals surface area contributed by atoms with Gasteiger partial charge >= 0.3 is 5.97 Å². The van der Waals surface area contributed by atoms with Crippen molar-refractivity contribution in [3.8, 4) is 0 Å². The second kappa shape index (κ2) is 4.93. The highest BCUT2D eigenvalue weighted by atomic mass is 16.5. The number of nitrogens with zero attached hydrogens (tertiary/aromatic N) is 1. The van der Waals surface area contributed by atoms with Crippen molar-refractivity contribution in [3.05, 3.63) is 39.3 Å². The third-order valence-corrected chi connectivity index (χ3v) is 4.61.